The first-order valence-electron chi connectivity index (χ1n) is 5.78. The Hall–Kier alpha value is -1.32. The molecule has 1 aliphatic heterocycles. The summed E-state index contributed by atoms with van der Waals surface area (Å²) >= 11 is 0. The number of aromatic amines is 1. The Balaban J connectivity index is 2.21. The van der Waals surface area contributed by atoms with E-state index in [1.165, 1.54) is 16.5 Å². The topological polar surface area (TPSA) is 48.0 Å². The number of benzene rings is 1. The molecule has 0 radical (unpaired) electrons. The van der Waals surface area contributed by atoms with Crippen LogP contribution in [0.15, 0.2) is 24.3 Å². The molecule has 0 saturated heterocycles. The van der Waals surface area contributed by atoms with Crippen molar-refractivity contribution >= 4 is 10.9 Å². The van der Waals surface area contributed by atoms with Crippen LogP contribution in [0.4, 0.5) is 0 Å². The van der Waals surface area contributed by atoms with Crippen molar-refractivity contribution in [2.75, 3.05) is 6.54 Å². The molecule has 0 spiro atoms. The number of hydrogen-bond donors (Lipinski definition) is 3. The number of H-pyrrole nitrogens is 1. The van der Waals surface area contributed by atoms with Crippen molar-refractivity contribution in [1.29, 1.82) is 0 Å². The quantitative estimate of drug-likeness (QED) is 0.680. The third-order valence-corrected chi connectivity index (χ3v) is 3.38. The van der Waals surface area contributed by atoms with Gasteiger partial charge in [0, 0.05) is 16.6 Å². The average molecular weight is 216 g/mol. The van der Waals surface area contributed by atoms with Crippen LogP contribution in [0.5, 0.6) is 0 Å². The van der Waals surface area contributed by atoms with Crippen LogP contribution in [-0.2, 0) is 6.42 Å². The van der Waals surface area contributed by atoms with E-state index in [0.29, 0.717) is 0 Å². The lowest BCUT2D eigenvalue weighted by Gasteiger charge is -2.26. The van der Waals surface area contributed by atoms with Crippen LogP contribution in [-0.4, -0.2) is 22.7 Å². The van der Waals surface area contributed by atoms with Gasteiger partial charge in [-0.1, -0.05) is 18.2 Å². The Kier molecular flexibility index (Phi) is 2.23. The van der Waals surface area contributed by atoms with Crippen molar-refractivity contribution in [3.8, 4) is 0 Å². The molecule has 3 nitrogen and oxygen atoms in total. The van der Waals surface area contributed by atoms with Gasteiger partial charge in [-0.05, 0) is 31.5 Å². The molecule has 3 heteroatoms. The fourth-order valence-corrected chi connectivity index (χ4v) is 2.62. The van der Waals surface area contributed by atoms with Crippen LogP contribution in [0, 0.1) is 0 Å². The molecular formula is C13H16N2O. The normalized spacial score (nSPS) is 22.0. The molecule has 3 rings (SSSR count). The summed E-state index contributed by atoms with van der Waals surface area (Å²) in [5.41, 5.74) is 3.68. The van der Waals surface area contributed by atoms with Crippen LogP contribution >= 0.6 is 0 Å². The summed E-state index contributed by atoms with van der Waals surface area (Å²) in [7, 11) is 0. The molecule has 2 aromatic rings. The second-order valence-corrected chi connectivity index (χ2v) is 4.49. The van der Waals surface area contributed by atoms with E-state index in [2.05, 4.69) is 28.5 Å². The first kappa shape index (κ1) is 9.87. The molecule has 0 bridgehead atoms. The Labute approximate surface area is 94.5 Å². The van der Waals surface area contributed by atoms with E-state index in [0.717, 1.165) is 18.7 Å². The van der Waals surface area contributed by atoms with Gasteiger partial charge in [-0.2, -0.15) is 0 Å². The average Bonchev–Trinajstić information content (AvgIpc) is 2.67. The Morgan fingerprint density at radius 3 is 3.00 bits per heavy atom. The number of aliphatic hydroxyl groups excluding tert-OH is 1. The van der Waals surface area contributed by atoms with Crippen LogP contribution < -0.4 is 5.32 Å². The highest BCUT2D eigenvalue weighted by Crippen LogP contribution is 2.31. The molecule has 0 amide bonds. The lowest BCUT2D eigenvalue weighted by atomic mass is 9.97. The molecule has 0 saturated carbocycles. The largest absolute Gasteiger partial charge is 0.391 e. The van der Waals surface area contributed by atoms with E-state index in [1.807, 2.05) is 13.0 Å². The highest BCUT2D eigenvalue weighted by molar-refractivity contribution is 5.85. The molecule has 2 unspecified atom stereocenters. The SMILES string of the molecule is CC(O)C1NCCc2c1[nH]c1ccccc21. The number of fused-ring (bicyclic) bond motifs is 3. The molecule has 2 heterocycles. The fraction of sp³-hybridized carbons (Fsp3) is 0.385. The first-order chi connectivity index (χ1) is 7.77. The second-order valence-electron chi connectivity index (χ2n) is 4.49. The summed E-state index contributed by atoms with van der Waals surface area (Å²) in [6, 6.07) is 8.38. The van der Waals surface area contributed by atoms with Crippen molar-refractivity contribution in [2.24, 2.45) is 0 Å². The molecule has 3 N–H and O–H groups in total. The van der Waals surface area contributed by atoms with Gasteiger partial charge in [0.1, 0.15) is 0 Å². The zero-order valence-corrected chi connectivity index (χ0v) is 9.33. The molecule has 1 aliphatic rings. The van der Waals surface area contributed by atoms with E-state index in [1.54, 1.807) is 0 Å². The summed E-state index contributed by atoms with van der Waals surface area (Å²) in [6.45, 7) is 2.77. The maximum Gasteiger partial charge on any atom is 0.0736 e. The van der Waals surface area contributed by atoms with Crippen molar-refractivity contribution in [1.82, 2.24) is 10.3 Å². The van der Waals surface area contributed by atoms with E-state index in [4.69, 9.17) is 0 Å². The minimum Gasteiger partial charge on any atom is -0.391 e. The number of aromatic nitrogens is 1. The zero-order valence-electron chi connectivity index (χ0n) is 9.33. The number of nitrogens with one attached hydrogen (secondary N) is 2. The maximum absolute atomic E-state index is 9.77. The molecule has 0 aliphatic carbocycles. The van der Waals surface area contributed by atoms with Gasteiger partial charge in [0.15, 0.2) is 0 Å². The fourth-order valence-electron chi connectivity index (χ4n) is 2.62. The summed E-state index contributed by atoms with van der Waals surface area (Å²) in [5, 5.41) is 14.4. The third kappa shape index (κ3) is 1.36. The summed E-state index contributed by atoms with van der Waals surface area (Å²) in [5.74, 6) is 0. The minimum atomic E-state index is -0.368. The Morgan fingerprint density at radius 1 is 1.38 bits per heavy atom. The van der Waals surface area contributed by atoms with Crippen molar-refractivity contribution in [2.45, 2.75) is 25.5 Å². The standard InChI is InChI=1S/C13H16N2O/c1-8(16)12-13-10(6-7-14-12)9-4-2-3-5-11(9)15-13/h2-5,8,12,14-16H,6-7H2,1H3. The number of para-hydroxylation sites is 1. The van der Waals surface area contributed by atoms with E-state index >= 15 is 0 Å². The molecule has 1 aromatic heterocycles. The van der Waals surface area contributed by atoms with Crippen LogP contribution in [0.25, 0.3) is 10.9 Å². The van der Waals surface area contributed by atoms with Crippen molar-refractivity contribution in [3.63, 3.8) is 0 Å². The highest BCUT2D eigenvalue weighted by Gasteiger charge is 2.26. The minimum absolute atomic E-state index is 0.0381. The van der Waals surface area contributed by atoms with Gasteiger partial charge in [-0.15, -0.1) is 0 Å². The van der Waals surface area contributed by atoms with Crippen molar-refractivity contribution in [3.05, 3.63) is 35.5 Å². The van der Waals surface area contributed by atoms with Crippen LogP contribution in [0.3, 0.4) is 0 Å². The Morgan fingerprint density at radius 2 is 2.19 bits per heavy atom. The van der Waals surface area contributed by atoms with Crippen molar-refractivity contribution < 1.29 is 5.11 Å². The zero-order chi connectivity index (χ0) is 11.1. The highest BCUT2D eigenvalue weighted by atomic mass is 16.3. The number of hydrogen-bond acceptors (Lipinski definition) is 2. The number of aliphatic hydroxyl groups is 1. The molecule has 0 fully saturated rings. The Bertz CT molecular complexity index is 516. The summed E-state index contributed by atoms with van der Waals surface area (Å²) < 4.78 is 0. The predicted molar refractivity (Wildman–Crippen MR) is 64.4 cm³/mol. The smallest absolute Gasteiger partial charge is 0.0736 e. The monoisotopic (exact) mass is 216 g/mol. The summed E-state index contributed by atoms with van der Waals surface area (Å²) in [4.78, 5) is 3.42. The van der Waals surface area contributed by atoms with E-state index in [-0.39, 0.29) is 12.1 Å². The van der Waals surface area contributed by atoms with Gasteiger partial charge < -0.3 is 15.4 Å². The number of rotatable bonds is 1. The maximum atomic E-state index is 9.77. The summed E-state index contributed by atoms with van der Waals surface area (Å²) in [6.07, 6.45) is 0.662. The van der Waals surface area contributed by atoms with Gasteiger partial charge in [-0.3, -0.25) is 0 Å². The van der Waals surface area contributed by atoms with Gasteiger partial charge in [-0.25, -0.2) is 0 Å². The van der Waals surface area contributed by atoms with E-state index in [9.17, 15) is 5.11 Å². The van der Waals surface area contributed by atoms with Gasteiger partial charge >= 0.3 is 0 Å². The molecular weight excluding hydrogens is 200 g/mol. The molecule has 84 valence electrons. The van der Waals surface area contributed by atoms with Gasteiger partial charge in [0.25, 0.3) is 0 Å². The van der Waals surface area contributed by atoms with E-state index < -0.39 is 0 Å². The molecule has 1 aromatic carbocycles. The third-order valence-electron chi connectivity index (χ3n) is 3.38. The van der Waals surface area contributed by atoms with Gasteiger partial charge in [0.05, 0.1) is 12.1 Å². The van der Waals surface area contributed by atoms with Gasteiger partial charge in [0.2, 0.25) is 0 Å². The first-order valence-corrected chi connectivity index (χ1v) is 5.78. The lowest BCUT2D eigenvalue weighted by Crippen LogP contribution is -2.36. The molecule has 2 atom stereocenters. The molecule has 16 heavy (non-hydrogen) atoms. The predicted octanol–water partition coefficient (Wildman–Crippen LogP) is 1.74. The van der Waals surface area contributed by atoms with Crippen LogP contribution in [0.2, 0.25) is 0 Å². The second kappa shape index (κ2) is 3.61. The van der Waals surface area contributed by atoms with Crippen LogP contribution in [0.1, 0.15) is 24.2 Å². The lowest BCUT2D eigenvalue weighted by molar-refractivity contribution is 0.140.